The highest BCUT2D eigenvalue weighted by Gasteiger charge is 2.20. The number of nitrogens with one attached hydrogen (secondary N) is 1. The molecule has 100 valence electrons. The first kappa shape index (κ1) is 13.8. The molecule has 0 spiro atoms. The van der Waals surface area contributed by atoms with Gasteiger partial charge in [-0.05, 0) is 55.8 Å². The second-order valence-corrected chi connectivity index (χ2v) is 5.63. The molecule has 1 fully saturated rings. The molecular formula is C15H21ClFN. The lowest BCUT2D eigenvalue weighted by Crippen LogP contribution is -2.38. The number of aryl methyl sites for hydroxylation is 1. The molecule has 2 atom stereocenters. The van der Waals surface area contributed by atoms with Crippen molar-refractivity contribution in [3.8, 4) is 0 Å². The van der Waals surface area contributed by atoms with Crippen LogP contribution in [0, 0.1) is 11.7 Å². The van der Waals surface area contributed by atoms with Crippen LogP contribution in [0.4, 0.5) is 4.39 Å². The zero-order chi connectivity index (χ0) is 13.0. The van der Waals surface area contributed by atoms with Crippen LogP contribution in [0.5, 0.6) is 0 Å². The highest BCUT2D eigenvalue weighted by molar-refractivity contribution is 6.31. The average Bonchev–Trinajstić information content (AvgIpc) is 2.38. The minimum absolute atomic E-state index is 0.259. The SMILES string of the molecule is CCC1CCNC(CCc2ccc(F)cc2Cl)C1. The summed E-state index contributed by atoms with van der Waals surface area (Å²) in [7, 11) is 0. The van der Waals surface area contributed by atoms with Gasteiger partial charge in [0.2, 0.25) is 0 Å². The maximum Gasteiger partial charge on any atom is 0.124 e. The topological polar surface area (TPSA) is 12.0 Å². The van der Waals surface area contributed by atoms with Crippen molar-refractivity contribution in [2.75, 3.05) is 6.54 Å². The van der Waals surface area contributed by atoms with Crippen LogP contribution in [-0.4, -0.2) is 12.6 Å². The largest absolute Gasteiger partial charge is 0.314 e. The summed E-state index contributed by atoms with van der Waals surface area (Å²) in [6, 6.07) is 5.28. The third kappa shape index (κ3) is 3.69. The van der Waals surface area contributed by atoms with Gasteiger partial charge in [-0.3, -0.25) is 0 Å². The molecule has 1 aromatic carbocycles. The summed E-state index contributed by atoms with van der Waals surface area (Å²) in [6.45, 7) is 3.39. The van der Waals surface area contributed by atoms with Gasteiger partial charge in [0.15, 0.2) is 0 Å². The van der Waals surface area contributed by atoms with Crippen LogP contribution in [0.3, 0.4) is 0 Å². The van der Waals surface area contributed by atoms with E-state index in [9.17, 15) is 4.39 Å². The summed E-state index contributed by atoms with van der Waals surface area (Å²) in [5, 5.41) is 4.12. The molecule has 0 radical (unpaired) electrons. The van der Waals surface area contributed by atoms with Gasteiger partial charge in [0.25, 0.3) is 0 Å². The molecular weight excluding hydrogens is 249 g/mol. The molecule has 1 aliphatic heterocycles. The number of rotatable bonds is 4. The number of halogens is 2. The van der Waals surface area contributed by atoms with Crippen LogP contribution >= 0.6 is 11.6 Å². The Bertz CT molecular complexity index is 394. The molecule has 2 unspecified atom stereocenters. The number of benzene rings is 1. The van der Waals surface area contributed by atoms with Crippen molar-refractivity contribution >= 4 is 11.6 Å². The lowest BCUT2D eigenvalue weighted by atomic mass is 9.88. The fraction of sp³-hybridized carbons (Fsp3) is 0.600. The Morgan fingerprint density at radius 3 is 3.00 bits per heavy atom. The minimum atomic E-state index is -0.259. The first-order valence-electron chi connectivity index (χ1n) is 6.86. The van der Waals surface area contributed by atoms with Gasteiger partial charge in [0, 0.05) is 11.1 Å². The summed E-state index contributed by atoms with van der Waals surface area (Å²) in [5.41, 5.74) is 1.05. The molecule has 1 nitrogen and oxygen atoms in total. The summed E-state index contributed by atoms with van der Waals surface area (Å²) in [4.78, 5) is 0. The fourth-order valence-electron chi connectivity index (χ4n) is 2.74. The molecule has 3 heteroatoms. The standard InChI is InChI=1S/C15H21ClFN/c1-2-11-7-8-18-14(9-11)6-4-12-3-5-13(17)10-15(12)16/h3,5,10-11,14,18H,2,4,6-9H2,1H3. The molecule has 1 aliphatic rings. The Morgan fingerprint density at radius 1 is 1.44 bits per heavy atom. The molecule has 2 rings (SSSR count). The van der Waals surface area contributed by atoms with Crippen LogP contribution < -0.4 is 5.32 Å². The van der Waals surface area contributed by atoms with E-state index in [1.807, 2.05) is 0 Å². The molecule has 1 saturated heterocycles. The highest BCUT2D eigenvalue weighted by atomic mass is 35.5. The van der Waals surface area contributed by atoms with Gasteiger partial charge in [0.05, 0.1) is 0 Å². The van der Waals surface area contributed by atoms with E-state index in [1.54, 1.807) is 6.07 Å². The molecule has 0 bridgehead atoms. The van der Waals surface area contributed by atoms with Crippen molar-refractivity contribution in [2.24, 2.45) is 5.92 Å². The molecule has 18 heavy (non-hydrogen) atoms. The fourth-order valence-corrected chi connectivity index (χ4v) is 3.00. The minimum Gasteiger partial charge on any atom is -0.314 e. The van der Waals surface area contributed by atoms with Crippen molar-refractivity contribution in [1.82, 2.24) is 5.32 Å². The lowest BCUT2D eigenvalue weighted by molar-refractivity contribution is 0.285. The van der Waals surface area contributed by atoms with Gasteiger partial charge in [-0.15, -0.1) is 0 Å². The maximum absolute atomic E-state index is 12.9. The number of piperidine rings is 1. The smallest absolute Gasteiger partial charge is 0.124 e. The van der Waals surface area contributed by atoms with Gasteiger partial charge in [0.1, 0.15) is 5.82 Å². The molecule has 1 heterocycles. The van der Waals surface area contributed by atoms with Crippen LogP contribution in [-0.2, 0) is 6.42 Å². The zero-order valence-electron chi connectivity index (χ0n) is 10.9. The number of hydrogen-bond donors (Lipinski definition) is 1. The zero-order valence-corrected chi connectivity index (χ0v) is 11.6. The first-order chi connectivity index (χ1) is 8.69. The summed E-state index contributed by atoms with van der Waals surface area (Å²) in [5.74, 6) is 0.602. The molecule has 0 saturated carbocycles. The first-order valence-corrected chi connectivity index (χ1v) is 7.24. The second kappa shape index (κ2) is 6.53. The van der Waals surface area contributed by atoms with E-state index in [0.717, 1.165) is 30.9 Å². The molecule has 0 aliphatic carbocycles. The third-order valence-electron chi connectivity index (χ3n) is 3.96. The molecule has 0 amide bonds. The highest BCUT2D eigenvalue weighted by Crippen LogP contribution is 2.24. The molecule has 1 aromatic rings. The Hall–Kier alpha value is -0.600. The van der Waals surface area contributed by atoms with Gasteiger partial charge >= 0.3 is 0 Å². The summed E-state index contributed by atoms with van der Waals surface area (Å²) < 4.78 is 12.9. The summed E-state index contributed by atoms with van der Waals surface area (Å²) >= 11 is 6.04. The van der Waals surface area contributed by atoms with E-state index >= 15 is 0 Å². The van der Waals surface area contributed by atoms with Crippen molar-refractivity contribution in [3.05, 3.63) is 34.6 Å². The van der Waals surface area contributed by atoms with E-state index in [4.69, 9.17) is 11.6 Å². The predicted octanol–water partition coefficient (Wildman–Crippen LogP) is 4.19. The van der Waals surface area contributed by atoms with E-state index in [-0.39, 0.29) is 5.82 Å². The van der Waals surface area contributed by atoms with Crippen LogP contribution in [0.2, 0.25) is 5.02 Å². The van der Waals surface area contributed by atoms with E-state index in [2.05, 4.69) is 12.2 Å². The van der Waals surface area contributed by atoms with Crippen molar-refractivity contribution in [3.63, 3.8) is 0 Å². The van der Waals surface area contributed by atoms with Crippen LogP contribution in [0.1, 0.15) is 38.2 Å². The molecule has 0 aromatic heterocycles. The van der Waals surface area contributed by atoms with Crippen molar-refractivity contribution < 1.29 is 4.39 Å². The molecule has 1 N–H and O–H groups in total. The average molecular weight is 270 g/mol. The van der Waals surface area contributed by atoms with Gasteiger partial charge in [-0.2, -0.15) is 0 Å². The van der Waals surface area contributed by atoms with E-state index < -0.39 is 0 Å². The van der Waals surface area contributed by atoms with Crippen molar-refractivity contribution in [1.29, 1.82) is 0 Å². The monoisotopic (exact) mass is 269 g/mol. The van der Waals surface area contributed by atoms with E-state index in [1.165, 1.54) is 31.4 Å². The van der Waals surface area contributed by atoms with Gasteiger partial charge in [-0.1, -0.05) is 31.0 Å². The summed E-state index contributed by atoms with van der Waals surface area (Å²) in [6.07, 6.45) is 5.84. The second-order valence-electron chi connectivity index (χ2n) is 5.22. The normalized spacial score (nSPS) is 24.2. The Morgan fingerprint density at radius 2 is 2.28 bits per heavy atom. The van der Waals surface area contributed by atoms with Crippen LogP contribution in [0.15, 0.2) is 18.2 Å². The Balaban J connectivity index is 1.87. The number of hydrogen-bond acceptors (Lipinski definition) is 1. The maximum atomic E-state index is 12.9. The van der Waals surface area contributed by atoms with Crippen molar-refractivity contribution in [2.45, 2.75) is 45.1 Å². The van der Waals surface area contributed by atoms with Gasteiger partial charge < -0.3 is 5.32 Å². The Labute approximate surface area is 114 Å². The quantitative estimate of drug-likeness (QED) is 0.864. The van der Waals surface area contributed by atoms with E-state index in [0.29, 0.717) is 11.1 Å². The predicted molar refractivity (Wildman–Crippen MR) is 74.5 cm³/mol. The Kier molecular flexibility index (Phi) is 5.02. The third-order valence-corrected chi connectivity index (χ3v) is 4.31. The lowest BCUT2D eigenvalue weighted by Gasteiger charge is -2.29. The van der Waals surface area contributed by atoms with Crippen LogP contribution in [0.25, 0.3) is 0 Å². The van der Waals surface area contributed by atoms with Gasteiger partial charge in [-0.25, -0.2) is 4.39 Å².